The van der Waals surface area contributed by atoms with Gasteiger partial charge in [0.1, 0.15) is 5.75 Å². The zero-order valence-electron chi connectivity index (χ0n) is 13.1. The van der Waals surface area contributed by atoms with E-state index in [0.717, 1.165) is 31.4 Å². The number of amides is 2. The number of urea groups is 1. The molecule has 2 aromatic carbocycles. The summed E-state index contributed by atoms with van der Waals surface area (Å²) in [5.74, 6) is 0.238. The molecule has 4 nitrogen and oxygen atoms in total. The van der Waals surface area contributed by atoms with Crippen molar-refractivity contribution in [1.82, 2.24) is 10.2 Å². The van der Waals surface area contributed by atoms with Crippen LogP contribution in [0.3, 0.4) is 0 Å². The first kappa shape index (κ1) is 15.4. The fourth-order valence-electron chi connectivity index (χ4n) is 3.09. The van der Waals surface area contributed by atoms with Gasteiger partial charge in [0, 0.05) is 19.1 Å². The molecule has 1 fully saturated rings. The van der Waals surface area contributed by atoms with Gasteiger partial charge in [-0.3, -0.25) is 0 Å². The van der Waals surface area contributed by atoms with Gasteiger partial charge in [-0.05, 0) is 42.5 Å². The third-order valence-electron chi connectivity index (χ3n) is 4.33. The maximum atomic E-state index is 12.5. The number of rotatable bonds is 4. The molecule has 0 bridgehead atoms. The zero-order chi connectivity index (χ0) is 16.1. The second-order valence-corrected chi connectivity index (χ2v) is 6.00. The number of likely N-dealkylation sites (tertiary alicyclic amines) is 1. The lowest BCUT2D eigenvalue weighted by Gasteiger charge is -2.25. The predicted octanol–water partition coefficient (Wildman–Crippen LogP) is 3.31. The van der Waals surface area contributed by atoms with Crippen LogP contribution in [0.5, 0.6) is 5.75 Å². The molecule has 4 heteroatoms. The van der Waals surface area contributed by atoms with Crippen molar-refractivity contribution >= 4 is 6.03 Å². The molecule has 2 aromatic rings. The van der Waals surface area contributed by atoms with E-state index in [-0.39, 0.29) is 17.8 Å². The van der Waals surface area contributed by atoms with E-state index < -0.39 is 0 Å². The average molecular weight is 310 g/mol. The number of carbonyl (C=O) groups excluding carboxylic acids is 1. The first-order valence-electron chi connectivity index (χ1n) is 8.08. The number of phenols is 1. The Labute approximate surface area is 136 Å². The van der Waals surface area contributed by atoms with Crippen LogP contribution < -0.4 is 5.32 Å². The molecule has 0 aromatic heterocycles. The molecule has 1 aliphatic rings. The van der Waals surface area contributed by atoms with Crippen molar-refractivity contribution in [2.24, 2.45) is 0 Å². The summed E-state index contributed by atoms with van der Waals surface area (Å²) in [5, 5.41) is 12.3. The number of aromatic hydroxyl groups is 1. The second kappa shape index (κ2) is 7.18. The fourth-order valence-corrected chi connectivity index (χ4v) is 3.09. The van der Waals surface area contributed by atoms with E-state index in [4.69, 9.17) is 0 Å². The summed E-state index contributed by atoms with van der Waals surface area (Å²) in [5.41, 5.74) is 2.26. The van der Waals surface area contributed by atoms with Gasteiger partial charge in [0.05, 0.1) is 0 Å². The summed E-state index contributed by atoms with van der Waals surface area (Å²) in [7, 11) is 0. The normalized spacial score (nSPS) is 17.2. The Hall–Kier alpha value is -2.49. The van der Waals surface area contributed by atoms with Crippen molar-refractivity contribution in [3.05, 3.63) is 65.7 Å². The molecule has 0 radical (unpaired) electrons. The number of phenolic OH excluding ortho intramolecular Hbond substituents is 1. The van der Waals surface area contributed by atoms with Crippen LogP contribution in [0.1, 0.15) is 24.0 Å². The highest BCUT2D eigenvalue weighted by Gasteiger charge is 2.28. The zero-order valence-corrected chi connectivity index (χ0v) is 13.1. The molecule has 1 aliphatic heterocycles. The van der Waals surface area contributed by atoms with Crippen LogP contribution in [-0.2, 0) is 13.0 Å². The Bertz CT molecular complexity index is 640. The van der Waals surface area contributed by atoms with Crippen molar-refractivity contribution in [3.63, 3.8) is 0 Å². The number of hydrogen-bond donors (Lipinski definition) is 2. The molecule has 1 heterocycles. The number of hydrogen-bond acceptors (Lipinski definition) is 2. The van der Waals surface area contributed by atoms with E-state index in [0.29, 0.717) is 6.54 Å². The lowest BCUT2D eigenvalue weighted by molar-refractivity contribution is 0.192. The summed E-state index contributed by atoms with van der Waals surface area (Å²) in [6.07, 6.45) is 3.03. The maximum absolute atomic E-state index is 12.5. The quantitative estimate of drug-likeness (QED) is 0.910. The first-order valence-corrected chi connectivity index (χ1v) is 8.08. The van der Waals surface area contributed by atoms with Gasteiger partial charge < -0.3 is 15.3 Å². The van der Waals surface area contributed by atoms with Crippen molar-refractivity contribution in [3.8, 4) is 5.75 Å². The minimum absolute atomic E-state index is 0.00324. The minimum atomic E-state index is -0.00324. The molecule has 1 unspecified atom stereocenters. The van der Waals surface area contributed by atoms with Crippen LogP contribution in [0.4, 0.5) is 4.79 Å². The molecule has 0 spiro atoms. The van der Waals surface area contributed by atoms with Crippen molar-refractivity contribution in [2.45, 2.75) is 31.8 Å². The van der Waals surface area contributed by atoms with Crippen molar-refractivity contribution in [2.75, 3.05) is 6.54 Å². The highest BCUT2D eigenvalue weighted by molar-refractivity contribution is 5.74. The number of nitrogens with zero attached hydrogens (tertiary/aromatic N) is 1. The van der Waals surface area contributed by atoms with Gasteiger partial charge in [0.2, 0.25) is 0 Å². The fraction of sp³-hybridized carbons (Fsp3) is 0.316. The third kappa shape index (κ3) is 4.03. The maximum Gasteiger partial charge on any atom is 0.317 e. The van der Waals surface area contributed by atoms with E-state index in [9.17, 15) is 9.90 Å². The SMILES string of the molecule is O=C(NCc1ccc(O)cc1)N1CCCC1Cc1ccccc1. The average Bonchev–Trinajstić information content (AvgIpc) is 3.03. The van der Waals surface area contributed by atoms with Crippen LogP contribution in [-0.4, -0.2) is 28.6 Å². The summed E-state index contributed by atoms with van der Waals surface area (Å²) in [6.45, 7) is 1.30. The molecule has 120 valence electrons. The number of benzene rings is 2. The lowest BCUT2D eigenvalue weighted by atomic mass is 10.0. The number of nitrogens with one attached hydrogen (secondary N) is 1. The van der Waals surface area contributed by atoms with Crippen molar-refractivity contribution in [1.29, 1.82) is 0 Å². The van der Waals surface area contributed by atoms with Crippen LogP contribution >= 0.6 is 0 Å². The van der Waals surface area contributed by atoms with Gasteiger partial charge in [0.15, 0.2) is 0 Å². The van der Waals surface area contributed by atoms with Crippen LogP contribution in [0.15, 0.2) is 54.6 Å². The van der Waals surface area contributed by atoms with Gasteiger partial charge in [-0.15, -0.1) is 0 Å². The van der Waals surface area contributed by atoms with E-state index in [1.807, 2.05) is 35.2 Å². The molecular weight excluding hydrogens is 288 g/mol. The molecule has 0 aliphatic carbocycles. The van der Waals surface area contributed by atoms with Gasteiger partial charge in [-0.25, -0.2) is 4.79 Å². The molecule has 0 saturated carbocycles. The Morgan fingerprint density at radius 2 is 1.83 bits per heavy atom. The summed E-state index contributed by atoms with van der Waals surface area (Å²) in [6, 6.07) is 17.5. The molecular formula is C19H22N2O2. The Kier molecular flexibility index (Phi) is 4.81. The van der Waals surface area contributed by atoms with Crippen LogP contribution in [0.25, 0.3) is 0 Å². The Balaban J connectivity index is 1.56. The molecule has 23 heavy (non-hydrogen) atoms. The molecule has 1 atom stereocenters. The first-order chi connectivity index (χ1) is 11.2. The van der Waals surface area contributed by atoms with Gasteiger partial charge in [-0.1, -0.05) is 42.5 Å². The Morgan fingerprint density at radius 1 is 1.09 bits per heavy atom. The number of carbonyl (C=O) groups is 1. The van der Waals surface area contributed by atoms with E-state index in [1.165, 1.54) is 5.56 Å². The van der Waals surface area contributed by atoms with E-state index >= 15 is 0 Å². The topological polar surface area (TPSA) is 52.6 Å². The van der Waals surface area contributed by atoms with Crippen LogP contribution in [0, 0.1) is 0 Å². The largest absolute Gasteiger partial charge is 0.508 e. The van der Waals surface area contributed by atoms with Gasteiger partial charge >= 0.3 is 6.03 Å². The van der Waals surface area contributed by atoms with E-state index in [2.05, 4.69) is 17.4 Å². The molecule has 1 saturated heterocycles. The summed E-state index contributed by atoms with van der Waals surface area (Å²) >= 11 is 0. The monoisotopic (exact) mass is 310 g/mol. The minimum Gasteiger partial charge on any atom is -0.508 e. The van der Waals surface area contributed by atoms with E-state index in [1.54, 1.807) is 12.1 Å². The molecule has 2 N–H and O–H groups in total. The highest BCUT2D eigenvalue weighted by atomic mass is 16.3. The van der Waals surface area contributed by atoms with Gasteiger partial charge in [-0.2, -0.15) is 0 Å². The second-order valence-electron chi connectivity index (χ2n) is 6.00. The summed E-state index contributed by atoms with van der Waals surface area (Å²) < 4.78 is 0. The van der Waals surface area contributed by atoms with Crippen LogP contribution in [0.2, 0.25) is 0 Å². The third-order valence-corrected chi connectivity index (χ3v) is 4.33. The van der Waals surface area contributed by atoms with Gasteiger partial charge in [0.25, 0.3) is 0 Å². The predicted molar refractivity (Wildman–Crippen MR) is 90.2 cm³/mol. The standard InChI is InChI=1S/C19H22N2O2/c22-18-10-8-16(9-11-18)14-20-19(23)21-12-4-7-17(21)13-15-5-2-1-3-6-15/h1-3,5-6,8-11,17,22H,4,7,12-14H2,(H,20,23). The van der Waals surface area contributed by atoms with Crippen molar-refractivity contribution < 1.29 is 9.90 Å². The lowest BCUT2D eigenvalue weighted by Crippen LogP contribution is -2.43. The molecule has 2 amide bonds. The highest BCUT2D eigenvalue weighted by Crippen LogP contribution is 2.21. The smallest absolute Gasteiger partial charge is 0.317 e. The summed E-state index contributed by atoms with van der Waals surface area (Å²) in [4.78, 5) is 14.4. The molecule has 3 rings (SSSR count). The Morgan fingerprint density at radius 3 is 2.57 bits per heavy atom.